The standard InChI is InChI=1S/C20H26N2O2S/c1-21(2)12-13-22-14-18(23)20(15-8-10-16(24-3)11-9-15)25-19-7-5-4-6-17(19)22/h4-11,18,20,23H,12-14H2,1-3H3. The summed E-state index contributed by atoms with van der Waals surface area (Å²) in [5.74, 6) is 0.838. The number of methoxy groups -OCH3 is 1. The number of para-hydroxylation sites is 1. The lowest BCUT2D eigenvalue weighted by atomic mass is 10.1. The molecule has 2 aromatic carbocycles. The molecule has 2 aromatic rings. The van der Waals surface area contributed by atoms with Crippen LogP contribution in [0.3, 0.4) is 0 Å². The maximum absolute atomic E-state index is 10.9. The molecule has 0 saturated heterocycles. The third-order valence-electron chi connectivity index (χ3n) is 4.48. The van der Waals surface area contributed by atoms with Gasteiger partial charge in [-0.15, -0.1) is 11.8 Å². The molecule has 0 spiro atoms. The predicted molar refractivity (Wildman–Crippen MR) is 105 cm³/mol. The maximum Gasteiger partial charge on any atom is 0.118 e. The Morgan fingerprint density at radius 2 is 1.88 bits per heavy atom. The van der Waals surface area contributed by atoms with Crippen molar-refractivity contribution in [2.45, 2.75) is 16.2 Å². The van der Waals surface area contributed by atoms with Crippen molar-refractivity contribution >= 4 is 17.4 Å². The Kier molecular flexibility index (Phi) is 5.89. The molecule has 2 unspecified atom stereocenters. The van der Waals surface area contributed by atoms with Crippen molar-refractivity contribution in [3.05, 3.63) is 54.1 Å². The molecular weight excluding hydrogens is 332 g/mol. The topological polar surface area (TPSA) is 35.9 Å². The molecule has 0 bridgehead atoms. The molecule has 0 aliphatic carbocycles. The Labute approximate surface area is 154 Å². The SMILES string of the molecule is COc1ccc(C2Sc3ccccc3N(CCN(C)C)CC2O)cc1. The number of β-amino-alcohol motifs (C(OH)–C–C–N with tert-alkyl or cyclic N) is 1. The maximum atomic E-state index is 10.9. The first-order valence-electron chi connectivity index (χ1n) is 8.56. The average molecular weight is 359 g/mol. The summed E-state index contributed by atoms with van der Waals surface area (Å²) < 4.78 is 5.25. The van der Waals surface area contributed by atoms with Crippen LogP contribution in [0.1, 0.15) is 10.8 Å². The number of hydrogen-bond acceptors (Lipinski definition) is 5. The molecule has 1 heterocycles. The lowest BCUT2D eigenvalue weighted by molar-refractivity contribution is 0.177. The molecule has 4 nitrogen and oxygen atoms in total. The molecule has 1 aliphatic heterocycles. The van der Waals surface area contributed by atoms with E-state index in [2.05, 4.69) is 60.3 Å². The Bertz CT molecular complexity index is 690. The summed E-state index contributed by atoms with van der Waals surface area (Å²) in [6.45, 7) is 2.49. The quantitative estimate of drug-likeness (QED) is 0.888. The third-order valence-corrected chi connectivity index (χ3v) is 5.92. The number of hydrogen-bond donors (Lipinski definition) is 1. The molecule has 134 valence electrons. The van der Waals surface area contributed by atoms with Crippen LogP contribution in [0.4, 0.5) is 5.69 Å². The molecule has 5 heteroatoms. The van der Waals surface area contributed by atoms with E-state index in [1.165, 1.54) is 10.6 Å². The Hall–Kier alpha value is -1.69. The number of ether oxygens (including phenoxy) is 1. The summed E-state index contributed by atoms with van der Waals surface area (Å²) >= 11 is 1.74. The van der Waals surface area contributed by atoms with Gasteiger partial charge >= 0.3 is 0 Å². The zero-order chi connectivity index (χ0) is 17.8. The number of aliphatic hydroxyl groups excluding tert-OH is 1. The molecule has 0 radical (unpaired) electrons. The van der Waals surface area contributed by atoms with Gasteiger partial charge in [0.15, 0.2) is 0 Å². The number of nitrogens with zero attached hydrogens (tertiary/aromatic N) is 2. The smallest absolute Gasteiger partial charge is 0.118 e. The van der Waals surface area contributed by atoms with Gasteiger partial charge in [-0.25, -0.2) is 0 Å². The summed E-state index contributed by atoms with van der Waals surface area (Å²) in [6, 6.07) is 16.5. The van der Waals surface area contributed by atoms with Gasteiger partial charge < -0.3 is 19.6 Å². The minimum atomic E-state index is -0.437. The summed E-state index contributed by atoms with van der Waals surface area (Å²) in [6.07, 6.45) is -0.437. The van der Waals surface area contributed by atoms with E-state index in [1.807, 2.05) is 12.1 Å². The van der Waals surface area contributed by atoms with Crippen molar-refractivity contribution in [1.82, 2.24) is 4.90 Å². The van der Waals surface area contributed by atoms with E-state index in [1.54, 1.807) is 18.9 Å². The molecule has 0 saturated carbocycles. The van der Waals surface area contributed by atoms with Crippen LogP contribution in [-0.2, 0) is 0 Å². The van der Waals surface area contributed by atoms with Crippen molar-refractivity contribution < 1.29 is 9.84 Å². The van der Waals surface area contributed by atoms with E-state index < -0.39 is 6.10 Å². The van der Waals surface area contributed by atoms with Gasteiger partial charge in [-0.3, -0.25) is 0 Å². The fourth-order valence-corrected chi connectivity index (χ4v) is 4.35. The first kappa shape index (κ1) is 18.1. The first-order valence-corrected chi connectivity index (χ1v) is 9.44. The Morgan fingerprint density at radius 3 is 2.56 bits per heavy atom. The van der Waals surface area contributed by atoms with Crippen molar-refractivity contribution in [2.75, 3.05) is 45.7 Å². The van der Waals surface area contributed by atoms with Crippen LogP contribution in [0.25, 0.3) is 0 Å². The lowest BCUT2D eigenvalue weighted by Gasteiger charge is -2.28. The molecule has 3 rings (SSSR count). The predicted octanol–water partition coefficient (Wildman–Crippen LogP) is 3.27. The monoisotopic (exact) mass is 358 g/mol. The third kappa shape index (κ3) is 4.29. The van der Waals surface area contributed by atoms with E-state index in [0.717, 1.165) is 24.4 Å². The second kappa shape index (κ2) is 8.13. The Morgan fingerprint density at radius 1 is 1.16 bits per heavy atom. The van der Waals surface area contributed by atoms with Crippen LogP contribution < -0.4 is 9.64 Å². The van der Waals surface area contributed by atoms with Gasteiger partial charge in [-0.1, -0.05) is 24.3 Å². The van der Waals surface area contributed by atoms with Crippen molar-refractivity contribution in [1.29, 1.82) is 0 Å². The van der Waals surface area contributed by atoms with E-state index >= 15 is 0 Å². The van der Waals surface area contributed by atoms with Gasteiger partial charge in [-0.2, -0.15) is 0 Å². The van der Waals surface area contributed by atoms with E-state index in [4.69, 9.17) is 4.74 Å². The van der Waals surface area contributed by atoms with Gasteiger partial charge in [0.05, 0.1) is 24.2 Å². The number of aliphatic hydroxyl groups is 1. The number of likely N-dealkylation sites (N-methyl/N-ethyl adjacent to an activating group) is 1. The van der Waals surface area contributed by atoms with Crippen LogP contribution >= 0.6 is 11.8 Å². The average Bonchev–Trinajstić information content (AvgIpc) is 2.77. The number of rotatable bonds is 5. The number of benzene rings is 2. The summed E-state index contributed by atoms with van der Waals surface area (Å²) in [7, 11) is 5.83. The van der Waals surface area contributed by atoms with Gasteiger partial charge in [0.25, 0.3) is 0 Å². The van der Waals surface area contributed by atoms with Crippen LogP contribution in [0.15, 0.2) is 53.4 Å². The van der Waals surface area contributed by atoms with Crippen LogP contribution in [-0.4, -0.2) is 56.9 Å². The summed E-state index contributed by atoms with van der Waals surface area (Å²) in [5, 5.41) is 10.9. The Balaban J connectivity index is 1.89. The van der Waals surface area contributed by atoms with Crippen molar-refractivity contribution in [2.24, 2.45) is 0 Å². The minimum absolute atomic E-state index is 0.0106. The normalized spacial score (nSPS) is 20.3. The molecule has 25 heavy (non-hydrogen) atoms. The number of thioether (sulfide) groups is 1. The number of fused-ring (bicyclic) bond motifs is 1. The lowest BCUT2D eigenvalue weighted by Crippen LogP contribution is -2.37. The van der Waals surface area contributed by atoms with E-state index in [0.29, 0.717) is 6.54 Å². The fourth-order valence-electron chi connectivity index (χ4n) is 3.07. The molecule has 2 atom stereocenters. The number of anilines is 1. The van der Waals surface area contributed by atoms with Gasteiger partial charge in [0.1, 0.15) is 5.75 Å². The molecule has 0 fully saturated rings. The van der Waals surface area contributed by atoms with Gasteiger partial charge in [-0.05, 0) is 43.9 Å². The van der Waals surface area contributed by atoms with Gasteiger partial charge in [0.2, 0.25) is 0 Å². The first-order chi connectivity index (χ1) is 12.1. The van der Waals surface area contributed by atoms with E-state index in [-0.39, 0.29) is 5.25 Å². The zero-order valence-electron chi connectivity index (χ0n) is 15.1. The van der Waals surface area contributed by atoms with Crippen molar-refractivity contribution in [3.63, 3.8) is 0 Å². The molecule has 1 aliphatic rings. The zero-order valence-corrected chi connectivity index (χ0v) is 15.9. The fraction of sp³-hybridized carbons (Fsp3) is 0.400. The highest BCUT2D eigenvalue weighted by atomic mass is 32.2. The summed E-state index contributed by atoms with van der Waals surface area (Å²) in [4.78, 5) is 5.70. The second-order valence-corrected chi connectivity index (χ2v) is 7.78. The van der Waals surface area contributed by atoms with Crippen LogP contribution in [0.5, 0.6) is 5.75 Å². The summed E-state index contributed by atoms with van der Waals surface area (Å²) in [5.41, 5.74) is 2.34. The molecule has 0 amide bonds. The van der Waals surface area contributed by atoms with E-state index in [9.17, 15) is 5.11 Å². The largest absolute Gasteiger partial charge is 0.497 e. The van der Waals surface area contributed by atoms with Crippen molar-refractivity contribution in [3.8, 4) is 5.75 Å². The highest BCUT2D eigenvalue weighted by Gasteiger charge is 2.30. The second-order valence-electron chi connectivity index (χ2n) is 6.60. The van der Waals surface area contributed by atoms with Crippen LogP contribution in [0, 0.1) is 0 Å². The highest BCUT2D eigenvalue weighted by Crippen LogP contribution is 2.45. The van der Waals surface area contributed by atoms with Crippen LogP contribution in [0.2, 0.25) is 0 Å². The minimum Gasteiger partial charge on any atom is -0.497 e. The highest BCUT2D eigenvalue weighted by molar-refractivity contribution is 7.99. The van der Waals surface area contributed by atoms with Gasteiger partial charge in [0, 0.05) is 24.5 Å². The molecular formula is C20H26N2O2S. The molecule has 1 N–H and O–H groups in total. The molecule has 0 aromatic heterocycles.